The van der Waals surface area contributed by atoms with E-state index in [9.17, 15) is 34.8 Å². The quantitative estimate of drug-likeness (QED) is 0.0236. The van der Waals surface area contributed by atoms with Gasteiger partial charge >= 0.3 is 49.6 Å². The van der Waals surface area contributed by atoms with Gasteiger partial charge in [0.2, 0.25) is 0 Å². The fourth-order valence-corrected chi connectivity index (χ4v) is 11.2. The Kier molecular flexibility index (Phi) is 34.1. The Morgan fingerprint density at radius 1 is 0.517 bits per heavy atom. The van der Waals surface area contributed by atoms with Gasteiger partial charge < -0.3 is 25.2 Å². The summed E-state index contributed by atoms with van der Waals surface area (Å²) in [5.74, 6) is -1.20. The number of esters is 1. The molecular formula is C74H102I2N3O8-. The Bertz CT molecular complexity index is 2800. The molecule has 1 saturated carbocycles. The van der Waals surface area contributed by atoms with E-state index in [1.54, 1.807) is 0 Å². The van der Waals surface area contributed by atoms with Crippen molar-refractivity contribution in [3.8, 4) is 0 Å². The Labute approximate surface area is 546 Å². The summed E-state index contributed by atoms with van der Waals surface area (Å²) in [6, 6.07) is 60.5. The van der Waals surface area contributed by atoms with Crippen LogP contribution in [0.1, 0.15) is 191 Å². The van der Waals surface area contributed by atoms with Crippen molar-refractivity contribution in [1.82, 2.24) is 14.7 Å². The van der Waals surface area contributed by atoms with E-state index in [4.69, 9.17) is 5.33 Å². The number of unbranched alkanes of at least 4 members (excludes halogenated alkanes) is 3. The number of halogens is 2. The summed E-state index contributed by atoms with van der Waals surface area (Å²) in [4.78, 5) is 43.9. The molecule has 6 aromatic carbocycles. The minimum atomic E-state index is -1.41. The number of carbonyl (C=O) groups is 3. The number of aliphatic hydroxyl groups is 3. The van der Waals surface area contributed by atoms with E-state index in [-0.39, 0.29) is 54.4 Å². The summed E-state index contributed by atoms with van der Waals surface area (Å²) in [6.45, 7) is 20.2. The van der Waals surface area contributed by atoms with Gasteiger partial charge in [0.05, 0.1) is 0 Å². The Hall–Kier alpha value is -4.85. The molecule has 0 aliphatic heterocycles. The van der Waals surface area contributed by atoms with E-state index >= 15 is 0 Å². The minimum absolute atomic E-state index is 0.00716. The molecule has 1 aliphatic carbocycles. The molecule has 0 unspecified atom stereocenters. The molecule has 6 aromatic rings. The van der Waals surface area contributed by atoms with Crippen molar-refractivity contribution in [1.29, 1.82) is 0.594 Å². The molecule has 1 fully saturated rings. The van der Waals surface area contributed by atoms with Crippen molar-refractivity contribution in [2.75, 3.05) is 0 Å². The second kappa shape index (κ2) is 40.7. The van der Waals surface area contributed by atoms with Crippen LogP contribution in [0.2, 0.25) is 0 Å². The van der Waals surface area contributed by atoms with Gasteiger partial charge in [-0.15, -0.1) is 0 Å². The van der Waals surface area contributed by atoms with Crippen LogP contribution < -0.4 is 18.4 Å². The molecule has 13 heteroatoms. The van der Waals surface area contributed by atoms with Crippen LogP contribution in [0.15, 0.2) is 182 Å². The van der Waals surface area contributed by atoms with E-state index in [0.717, 1.165) is 93.0 Å². The molecule has 0 spiro atoms. The third-order valence-corrected chi connectivity index (χ3v) is 16.3. The zero-order valence-electron chi connectivity index (χ0n) is 54.2. The zero-order valence-corrected chi connectivity index (χ0v) is 57.5. The maximum atomic E-state index is 12.8. The number of ether oxygens (including phenoxy) is 1. The number of nitrogens with zero attached hydrogens (tertiary/aromatic N) is 3. The summed E-state index contributed by atoms with van der Waals surface area (Å²) >= 11 is 1.88. The molecule has 0 heterocycles. The number of aliphatic hydroxyl groups excluding tert-OH is 3. The number of Topliss-reactive ketones (excluding diaryl/α,β-unsaturated/α-hetero) is 1. The number of hydrogen-bond donors (Lipinski definition) is 4. The number of carbonyl (C=O) groups excluding carboxylic acids is 2. The molecule has 0 aromatic heterocycles. The van der Waals surface area contributed by atoms with Gasteiger partial charge in [0, 0.05) is 62.3 Å². The standard InChI is InChI=1S/C26H37NO3.C26H35NO2.C22H29NO3.HI2/c1-6-7-18-23(24(28)25(29)30-26(3,4)5)27(19-21-14-10-8-11-15-21)20(2)22-16-12-9-13-17-22;1-3-4-15-24(26(29)25(28)18-21-16-17-21)27(19-22-11-7-5-8-12-22)20(2)23-13-9-6-10-14-23;1-3-4-15-20(21(24)22(25)26)23(16-18-11-7-5-8-12-18)17(2)19-13-9-6-10-14-19;1-2/h8-17,20,23-24,28H,6-7,18-19H2,1-5H3;5-14,20-21,24,26,29H,3-4,15-19H2,1-2H3;5-14,17,20-21,24H,3-4,15-16H2,1-2H3,(H,25,26);1H/q;;;-1/t20-,23-,24-;20-,24-,26-;17-,20-,21-;/m000./s1/i;;;1D. The van der Waals surface area contributed by atoms with Crippen molar-refractivity contribution >= 4 is 36.3 Å². The number of hydrogen-bond acceptors (Lipinski definition) is 10. The van der Waals surface area contributed by atoms with E-state index in [1.165, 1.54) is 11.1 Å². The average molecular weight is 1420 g/mol. The predicted octanol–water partition coefficient (Wildman–Crippen LogP) is 12.9. The van der Waals surface area contributed by atoms with Crippen molar-refractivity contribution in [2.45, 2.75) is 219 Å². The van der Waals surface area contributed by atoms with Gasteiger partial charge in [-0.3, -0.25) is 19.5 Å². The van der Waals surface area contributed by atoms with Crippen molar-refractivity contribution in [3.63, 3.8) is 0 Å². The third-order valence-electron chi connectivity index (χ3n) is 16.3. The Balaban J connectivity index is 0.000000276. The SMILES string of the molecule is CCCC[C@@H]([C@H](O)C(=O)CC1CC1)N(Cc1ccccc1)[C@@H](C)c1ccccc1.CCCC[C@@H]([C@H](O)C(=O)O)N(Cc1ccccc1)[C@@H](C)c1ccccc1.CCCC[C@@H]([C@H](O)C(=O)OC(C)(C)C)N(Cc1ccccc1)[C@@H](C)c1ccccc1.[2H][I-]I. The van der Waals surface area contributed by atoms with Gasteiger partial charge in [-0.25, -0.2) is 9.59 Å². The molecule has 0 bridgehead atoms. The Morgan fingerprint density at radius 3 is 1.06 bits per heavy atom. The second-order valence-corrected chi connectivity index (χ2v) is 24.2. The average Bonchev–Trinajstić information content (AvgIpc) is 2.33. The van der Waals surface area contributed by atoms with Gasteiger partial charge in [0.1, 0.15) is 11.7 Å². The van der Waals surface area contributed by atoms with Crippen LogP contribution in [-0.2, 0) is 38.8 Å². The monoisotopic (exact) mass is 1420 g/mol. The topological polar surface area (TPSA) is 151 Å². The molecule has 4 N–H and O–H groups in total. The second-order valence-electron chi connectivity index (χ2n) is 24.2. The summed E-state index contributed by atoms with van der Waals surface area (Å²) in [5.41, 5.74) is 6.31. The molecule has 11 nitrogen and oxygen atoms in total. The van der Waals surface area contributed by atoms with Crippen LogP contribution in [0.5, 0.6) is 0 Å². The molecule has 0 amide bonds. The molecule has 7 rings (SSSR count). The van der Waals surface area contributed by atoms with Crippen LogP contribution in [0, 0.1) is 5.92 Å². The Morgan fingerprint density at radius 2 is 0.793 bits per heavy atom. The van der Waals surface area contributed by atoms with Crippen molar-refractivity contribution in [3.05, 3.63) is 215 Å². The van der Waals surface area contributed by atoms with Crippen LogP contribution >= 0.6 is 18.6 Å². The molecular weight excluding hydrogens is 1310 g/mol. The zero-order chi connectivity index (χ0) is 64.4. The normalized spacial score (nSPS) is 15.5. The fraction of sp³-hybridized carbons (Fsp3) is 0.473. The first-order valence-electron chi connectivity index (χ1n) is 32.0. The summed E-state index contributed by atoms with van der Waals surface area (Å²) in [6.07, 6.45) is 7.29. The first-order chi connectivity index (χ1) is 42.3. The molecule has 1 aliphatic rings. The van der Waals surface area contributed by atoms with E-state index in [1.807, 2.05) is 130 Å². The number of ketones is 1. The first-order valence-corrected chi connectivity index (χ1v) is 37.9. The maximum absolute atomic E-state index is 12.8. The van der Waals surface area contributed by atoms with E-state index < -0.39 is 41.9 Å². The number of benzene rings is 6. The molecule has 9 atom stereocenters. The van der Waals surface area contributed by atoms with Gasteiger partial charge in [-0.2, -0.15) is 0 Å². The molecule has 476 valence electrons. The van der Waals surface area contributed by atoms with E-state index in [0.29, 0.717) is 31.8 Å². The van der Waals surface area contributed by atoms with Crippen LogP contribution in [0.4, 0.5) is 0 Å². The predicted molar refractivity (Wildman–Crippen MR) is 360 cm³/mol. The van der Waals surface area contributed by atoms with Crippen molar-refractivity contribution < 1.29 is 58.0 Å². The summed E-state index contributed by atoms with van der Waals surface area (Å²) < 4.78 is 11.8. The number of rotatable bonds is 32. The number of carboxylic acids is 1. The van der Waals surface area contributed by atoms with Crippen LogP contribution in [-0.4, -0.2) is 95.5 Å². The van der Waals surface area contributed by atoms with Gasteiger partial charge in [0.25, 0.3) is 0 Å². The van der Waals surface area contributed by atoms with Gasteiger partial charge in [0.15, 0.2) is 18.0 Å². The van der Waals surface area contributed by atoms with Gasteiger partial charge in [-0.1, -0.05) is 241 Å². The fourth-order valence-electron chi connectivity index (χ4n) is 11.2. The first kappa shape index (κ1) is 72.9. The molecule has 0 radical (unpaired) electrons. The molecule has 0 saturated heterocycles. The molecule has 87 heavy (non-hydrogen) atoms. The van der Waals surface area contributed by atoms with Crippen LogP contribution in [0.25, 0.3) is 0 Å². The van der Waals surface area contributed by atoms with Crippen molar-refractivity contribution in [2.24, 2.45) is 5.92 Å². The summed E-state index contributed by atoms with van der Waals surface area (Å²) in [7, 11) is 0. The van der Waals surface area contributed by atoms with E-state index in [2.05, 4.69) is 148 Å². The number of carboxylic acid groups (broad SMARTS) is 1. The number of aliphatic carboxylic acids is 1. The van der Waals surface area contributed by atoms with Crippen LogP contribution in [0.3, 0.4) is 0 Å². The third kappa shape index (κ3) is 26.3. The summed E-state index contributed by atoms with van der Waals surface area (Å²) in [5, 5.41) is 42.1. The van der Waals surface area contributed by atoms with Gasteiger partial charge in [-0.05, 0) is 113 Å².